The Balaban J connectivity index is 1.42. The molecular weight excluding hydrogens is 400 g/mol. The zero-order chi connectivity index (χ0) is 22.5. The normalized spacial score (nSPS) is 10.4. The zero-order valence-corrected chi connectivity index (χ0v) is 17.8. The monoisotopic (exact) mass is 422 g/mol. The van der Waals surface area contributed by atoms with E-state index < -0.39 is 0 Å². The second kappa shape index (κ2) is 9.22. The van der Waals surface area contributed by atoms with Crippen molar-refractivity contribution in [3.63, 3.8) is 0 Å². The van der Waals surface area contributed by atoms with Crippen LogP contribution < -0.4 is 10.6 Å². The van der Waals surface area contributed by atoms with Crippen LogP contribution in [0.2, 0.25) is 0 Å². The first kappa shape index (κ1) is 20.9. The predicted octanol–water partition coefficient (Wildman–Crippen LogP) is 5.27. The maximum Gasteiger partial charge on any atom is 0.255 e. The van der Waals surface area contributed by atoms with Gasteiger partial charge in [0, 0.05) is 46.3 Å². The number of carbonyl (C=O) groups is 2. The Morgan fingerprint density at radius 2 is 0.969 bits per heavy atom. The molecule has 0 bridgehead atoms. The van der Waals surface area contributed by atoms with Gasteiger partial charge in [0.05, 0.1) is 0 Å². The quantitative estimate of drug-likeness (QED) is 0.459. The minimum Gasteiger partial charge on any atom is -0.322 e. The molecule has 0 radical (unpaired) electrons. The summed E-state index contributed by atoms with van der Waals surface area (Å²) in [6, 6.07) is 21.8. The fourth-order valence-corrected chi connectivity index (χ4v) is 3.28. The van der Waals surface area contributed by atoms with Crippen LogP contribution in [0.15, 0.2) is 85.2 Å². The van der Waals surface area contributed by atoms with Gasteiger partial charge in [0.2, 0.25) is 0 Å². The van der Waals surface area contributed by atoms with Gasteiger partial charge >= 0.3 is 0 Å². The average molecular weight is 422 g/mol. The molecule has 0 saturated heterocycles. The van der Waals surface area contributed by atoms with Crippen molar-refractivity contribution in [1.29, 1.82) is 0 Å². The first-order chi connectivity index (χ1) is 15.5. The van der Waals surface area contributed by atoms with Crippen LogP contribution in [0.3, 0.4) is 0 Å². The number of hydrogen-bond donors (Lipinski definition) is 2. The number of anilines is 2. The van der Waals surface area contributed by atoms with Crippen molar-refractivity contribution in [2.24, 2.45) is 0 Å². The molecule has 0 aliphatic rings. The van der Waals surface area contributed by atoms with E-state index in [0.717, 1.165) is 22.5 Å². The van der Waals surface area contributed by atoms with Crippen molar-refractivity contribution in [3.8, 4) is 11.1 Å². The molecule has 0 saturated carbocycles. The van der Waals surface area contributed by atoms with Crippen LogP contribution in [-0.2, 0) is 0 Å². The van der Waals surface area contributed by atoms with Gasteiger partial charge in [-0.1, -0.05) is 24.3 Å². The second-order valence-electron chi connectivity index (χ2n) is 7.43. The van der Waals surface area contributed by atoms with E-state index >= 15 is 0 Å². The molecule has 2 N–H and O–H groups in total. The molecule has 4 rings (SSSR count). The summed E-state index contributed by atoms with van der Waals surface area (Å²) in [6.07, 6.45) is 3.33. The minimum atomic E-state index is -0.180. The molecule has 32 heavy (non-hydrogen) atoms. The summed E-state index contributed by atoms with van der Waals surface area (Å²) in [5.74, 6) is -0.360. The summed E-state index contributed by atoms with van der Waals surface area (Å²) < 4.78 is 0. The van der Waals surface area contributed by atoms with Crippen LogP contribution in [0.4, 0.5) is 11.4 Å². The summed E-state index contributed by atoms with van der Waals surface area (Å²) >= 11 is 0. The number of nitrogens with one attached hydrogen (secondary N) is 2. The molecule has 158 valence electrons. The van der Waals surface area contributed by atoms with Gasteiger partial charge in [0.25, 0.3) is 11.8 Å². The van der Waals surface area contributed by atoms with Gasteiger partial charge in [-0.2, -0.15) is 0 Å². The Labute approximate surface area is 186 Å². The first-order valence-electron chi connectivity index (χ1n) is 10.2. The lowest BCUT2D eigenvalue weighted by Crippen LogP contribution is -2.12. The van der Waals surface area contributed by atoms with Gasteiger partial charge in [-0.3, -0.25) is 19.6 Å². The fourth-order valence-electron chi connectivity index (χ4n) is 3.28. The Hall–Kier alpha value is -4.32. The molecular formula is C26H22N4O2. The summed E-state index contributed by atoms with van der Waals surface area (Å²) in [5.41, 5.74) is 6.14. The molecule has 6 heteroatoms. The molecule has 2 amide bonds. The van der Waals surface area contributed by atoms with Crippen LogP contribution in [-0.4, -0.2) is 21.8 Å². The molecule has 0 spiro atoms. The Bertz CT molecular complexity index is 1160. The highest BCUT2D eigenvalue weighted by Gasteiger charge is 2.09. The topological polar surface area (TPSA) is 84.0 Å². The second-order valence-corrected chi connectivity index (χ2v) is 7.43. The maximum atomic E-state index is 12.5. The molecule has 0 atom stereocenters. The number of benzene rings is 2. The van der Waals surface area contributed by atoms with Crippen LogP contribution in [0.1, 0.15) is 32.1 Å². The largest absolute Gasteiger partial charge is 0.322 e. The van der Waals surface area contributed by atoms with E-state index in [1.807, 2.05) is 50.2 Å². The lowest BCUT2D eigenvalue weighted by Gasteiger charge is -2.08. The first-order valence-corrected chi connectivity index (χ1v) is 10.2. The average Bonchev–Trinajstić information content (AvgIpc) is 2.79. The number of rotatable bonds is 5. The molecule has 2 aromatic carbocycles. The third-order valence-corrected chi connectivity index (χ3v) is 4.94. The summed E-state index contributed by atoms with van der Waals surface area (Å²) in [6.45, 7) is 3.75. The number of aryl methyl sites for hydroxylation is 2. The number of amides is 2. The van der Waals surface area contributed by atoms with Crippen LogP contribution in [0, 0.1) is 13.8 Å². The Kier molecular flexibility index (Phi) is 6.03. The Morgan fingerprint density at radius 3 is 1.31 bits per heavy atom. The number of hydrogen-bond acceptors (Lipinski definition) is 4. The van der Waals surface area contributed by atoms with Gasteiger partial charge < -0.3 is 10.6 Å². The smallest absolute Gasteiger partial charge is 0.255 e. The van der Waals surface area contributed by atoms with Gasteiger partial charge in [-0.25, -0.2) is 0 Å². The Morgan fingerprint density at radius 1 is 0.594 bits per heavy atom. The summed E-state index contributed by atoms with van der Waals surface area (Å²) in [5, 5.41) is 5.75. The highest BCUT2D eigenvalue weighted by Crippen LogP contribution is 2.21. The van der Waals surface area contributed by atoms with E-state index in [1.165, 1.54) is 0 Å². The van der Waals surface area contributed by atoms with Gasteiger partial charge in [-0.05, 0) is 73.5 Å². The molecule has 0 aliphatic carbocycles. The molecule has 0 fully saturated rings. The van der Waals surface area contributed by atoms with E-state index in [0.29, 0.717) is 22.5 Å². The molecule has 0 aliphatic heterocycles. The van der Waals surface area contributed by atoms with Gasteiger partial charge in [0.15, 0.2) is 0 Å². The highest BCUT2D eigenvalue weighted by molar-refractivity contribution is 6.05. The van der Waals surface area contributed by atoms with Crippen LogP contribution in [0.5, 0.6) is 0 Å². The van der Waals surface area contributed by atoms with Crippen molar-refractivity contribution in [2.45, 2.75) is 13.8 Å². The third kappa shape index (κ3) is 5.05. The van der Waals surface area contributed by atoms with E-state index in [-0.39, 0.29) is 11.8 Å². The predicted molar refractivity (Wildman–Crippen MR) is 126 cm³/mol. The third-order valence-electron chi connectivity index (χ3n) is 4.94. The molecule has 0 unspecified atom stereocenters. The fraction of sp³-hybridized carbons (Fsp3) is 0.0769. The number of aromatic nitrogens is 2. The van der Waals surface area contributed by atoms with E-state index in [1.54, 1.807) is 48.8 Å². The van der Waals surface area contributed by atoms with Gasteiger partial charge in [-0.15, -0.1) is 0 Å². The van der Waals surface area contributed by atoms with E-state index in [2.05, 4.69) is 20.6 Å². The molecule has 2 heterocycles. The highest BCUT2D eigenvalue weighted by atomic mass is 16.2. The number of carbonyl (C=O) groups excluding carboxylic acids is 2. The van der Waals surface area contributed by atoms with Crippen LogP contribution >= 0.6 is 0 Å². The zero-order valence-electron chi connectivity index (χ0n) is 17.8. The van der Waals surface area contributed by atoms with Crippen molar-refractivity contribution >= 4 is 23.2 Å². The number of nitrogens with zero attached hydrogens (tertiary/aromatic N) is 2. The molecule has 4 aromatic rings. The van der Waals surface area contributed by atoms with Crippen molar-refractivity contribution < 1.29 is 9.59 Å². The lowest BCUT2D eigenvalue weighted by atomic mass is 10.0. The van der Waals surface area contributed by atoms with Crippen LogP contribution in [0.25, 0.3) is 11.1 Å². The van der Waals surface area contributed by atoms with Crippen molar-refractivity contribution in [2.75, 3.05) is 10.6 Å². The standard InChI is InChI=1S/C26H22N4O2/c1-17-15-23(11-13-27-17)29-25(31)21-7-3-19(4-8-21)20-5-9-22(10-6-20)26(32)30-24-12-14-28-18(2)16-24/h3-16H,1-2H3,(H,27,29,31)(H,28,30,32). The van der Waals surface area contributed by atoms with Crippen molar-refractivity contribution in [1.82, 2.24) is 9.97 Å². The molecule has 6 nitrogen and oxygen atoms in total. The lowest BCUT2D eigenvalue weighted by molar-refractivity contribution is 0.101. The number of pyridine rings is 2. The minimum absolute atomic E-state index is 0.180. The van der Waals surface area contributed by atoms with Crippen molar-refractivity contribution in [3.05, 3.63) is 108 Å². The SMILES string of the molecule is Cc1cc(NC(=O)c2ccc(-c3ccc(C(=O)Nc4ccnc(C)c4)cc3)cc2)ccn1. The van der Waals surface area contributed by atoms with Gasteiger partial charge in [0.1, 0.15) is 0 Å². The summed E-state index contributed by atoms with van der Waals surface area (Å²) in [4.78, 5) is 33.2. The van der Waals surface area contributed by atoms with E-state index in [4.69, 9.17) is 0 Å². The molecule has 2 aromatic heterocycles. The van der Waals surface area contributed by atoms with E-state index in [9.17, 15) is 9.59 Å². The summed E-state index contributed by atoms with van der Waals surface area (Å²) in [7, 11) is 0. The maximum absolute atomic E-state index is 12.5.